The average Bonchev–Trinajstić information content (AvgIpc) is 3.35. The molecule has 0 unspecified atom stereocenters. The highest BCUT2D eigenvalue weighted by atomic mass is 16.5. The van der Waals surface area contributed by atoms with Crippen molar-refractivity contribution in [2.75, 3.05) is 32.8 Å². The summed E-state index contributed by atoms with van der Waals surface area (Å²) in [6.45, 7) is 11.5. The van der Waals surface area contributed by atoms with Gasteiger partial charge in [0.05, 0.1) is 23.9 Å². The number of ether oxygens (including phenoxy) is 1. The van der Waals surface area contributed by atoms with Crippen LogP contribution in [-0.2, 0) is 9.59 Å². The molecule has 8 heteroatoms. The fraction of sp³-hybridized carbons (Fsp3) is 0.393. The molecule has 0 radical (unpaired) electrons. The number of benzene rings is 1. The van der Waals surface area contributed by atoms with Gasteiger partial charge in [-0.1, -0.05) is 32.0 Å². The van der Waals surface area contributed by atoms with Gasteiger partial charge in [-0.3, -0.25) is 14.0 Å². The quantitative estimate of drug-likeness (QED) is 0.260. The topological polar surface area (TPSA) is 87.4 Å². The van der Waals surface area contributed by atoms with Crippen LogP contribution in [0, 0.1) is 6.92 Å². The lowest BCUT2D eigenvalue weighted by Crippen LogP contribution is -2.33. The number of aliphatic hydroxyl groups excluding tert-OH is 1. The second-order valence-electron chi connectivity index (χ2n) is 8.85. The van der Waals surface area contributed by atoms with Crippen LogP contribution in [0.15, 0.2) is 54.2 Å². The van der Waals surface area contributed by atoms with E-state index in [-0.39, 0.29) is 11.3 Å². The van der Waals surface area contributed by atoms with E-state index in [0.29, 0.717) is 35.9 Å². The van der Waals surface area contributed by atoms with Crippen molar-refractivity contribution in [3.63, 3.8) is 0 Å². The van der Waals surface area contributed by atoms with Gasteiger partial charge in [0.15, 0.2) is 5.76 Å². The lowest BCUT2D eigenvalue weighted by Gasteiger charge is -2.27. The number of hydrogen-bond acceptors (Lipinski definition) is 6. The van der Waals surface area contributed by atoms with Gasteiger partial charge in [-0.2, -0.15) is 0 Å². The number of pyridine rings is 1. The van der Waals surface area contributed by atoms with Crippen molar-refractivity contribution in [2.24, 2.45) is 0 Å². The minimum absolute atomic E-state index is 0.0840. The monoisotopic (exact) mass is 490 g/mol. The van der Waals surface area contributed by atoms with E-state index in [0.717, 1.165) is 31.6 Å². The predicted molar refractivity (Wildman–Crippen MR) is 139 cm³/mol. The standard InChI is InChI=1S/C28H34N4O4/c1-5-30(6-2)16-10-18-32-25(20-12-14-21(15-13-20)36-7-3)23(27(34)28(32)35)26(33)24-19(4)29-22-11-8-9-17-31(22)24/h8-9,11-15,17,25,33H,5-7,10,16,18H2,1-4H3/b26-23+/t25-/m1/s1. The van der Waals surface area contributed by atoms with Crippen molar-refractivity contribution in [3.05, 3.63) is 71.2 Å². The fourth-order valence-electron chi connectivity index (χ4n) is 4.90. The number of fused-ring (bicyclic) bond motifs is 1. The van der Waals surface area contributed by atoms with E-state index in [9.17, 15) is 14.7 Å². The zero-order valence-electron chi connectivity index (χ0n) is 21.4. The summed E-state index contributed by atoms with van der Waals surface area (Å²) in [4.78, 5) is 35.1. The van der Waals surface area contributed by atoms with Gasteiger partial charge < -0.3 is 19.6 Å². The number of nitrogens with zero attached hydrogens (tertiary/aromatic N) is 4. The van der Waals surface area contributed by atoms with Crippen LogP contribution < -0.4 is 4.74 Å². The van der Waals surface area contributed by atoms with Crippen LogP contribution in [0.1, 0.15) is 50.2 Å². The fourth-order valence-corrected chi connectivity index (χ4v) is 4.90. The Hall–Kier alpha value is -3.65. The summed E-state index contributed by atoms with van der Waals surface area (Å²) in [5.74, 6) is -0.784. The molecule has 3 aromatic rings. The van der Waals surface area contributed by atoms with Crippen LogP contribution in [0.3, 0.4) is 0 Å². The summed E-state index contributed by atoms with van der Waals surface area (Å²) in [7, 11) is 0. The normalized spacial score (nSPS) is 17.5. The first-order valence-corrected chi connectivity index (χ1v) is 12.6. The van der Waals surface area contributed by atoms with Crippen LogP contribution in [0.2, 0.25) is 0 Å². The Kier molecular flexibility index (Phi) is 7.74. The SMILES string of the molecule is CCOc1ccc([C@@H]2/C(=C(\O)c3c(C)nc4ccccn34)C(=O)C(=O)N2CCCN(CC)CC)cc1. The van der Waals surface area contributed by atoms with Crippen molar-refractivity contribution in [3.8, 4) is 5.75 Å². The second-order valence-corrected chi connectivity index (χ2v) is 8.85. The third-order valence-electron chi connectivity index (χ3n) is 6.74. The van der Waals surface area contributed by atoms with Gasteiger partial charge in [0, 0.05) is 12.7 Å². The van der Waals surface area contributed by atoms with Crippen LogP contribution >= 0.6 is 0 Å². The summed E-state index contributed by atoms with van der Waals surface area (Å²) >= 11 is 0. The van der Waals surface area contributed by atoms with Gasteiger partial charge in [0.25, 0.3) is 11.7 Å². The molecule has 1 N–H and O–H groups in total. The van der Waals surface area contributed by atoms with E-state index >= 15 is 0 Å². The van der Waals surface area contributed by atoms with Gasteiger partial charge in [-0.25, -0.2) is 4.98 Å². The molecule has 1 atom stereocenters. The molecule has 2 aromatic heterocycles. The lowest BCUT2D eigenvalue weighted by atomic mass is 9.96. The number of aliphatic hydroxyl groups is 1. The molecule has 1 aliphatic rings. The minimum atomic E-state index is -0.703. The average molecular weight is 491 g/mol. The van der Waals surface area contributed by atoms with Gasteiger partial charge in [0.2, 0.25) is 0 Å². The summed E-state index contributed by atoms with van der Waals surface area (Å²) in [5.41, 5.74) is 2.48. The van der Waals surface area contributed by atoms with Gasteiger partial charge in [0.1, 0.15) is 17.1 Å². The van der Waals surface area contributed by atoms with Crippen molar-refractivity contribution in [1.82, 2.24) is 19.2 Å². The molecule has 0 spiro atoms. The Balaban J connectivity index is 1.80. The highest BCUT2D eigenvalue weighted by molar-refractivity contribution is 6.46. The van der Waals surface area contributed by atoms with E-state index in [1.165, 1.54) is 0 Å². The van der Waals surface area contributed by atoms with Crippen molar-refractivity contribution < 1.29 is 19.4 Å². The van der Waals surface area contributed by atoms with E-state index in [1.807, 2.05) is 49.4 Å². The summed E-state index contributed by atoms with van der Waals surface area (Å²) < 4.78 is 7.32. The number of rotatable bonds is 10. The highest BCUT2D eigenvalue weighted by Gasteiger charge is 2.46. The number of amides is 1. The van der Waals surface area contributed by atoms with Crippen LogP contribution in [0.25, 0.3) is 11.4 Å². The van der Waals surface area contributed by atoms with Crippen LogP contribution in [-0.4, -0.2) is 68.8 Å². The molecule has 1 amide bonds. The summed E-state index contributed by atoms with van der Waals surface area (Å²) in [6.07, 6.45) is 2.51. The number of aromatic nitrogens is 2. The van der Waals surface area contributed by atoms with Crippen LogP contribution in [0.5, 0.6) is 5.75 Å². The number of carbonyl (C=O) groups is 2. The number of aryl methyl sites for hydroxylation is 1. The zero-order chi connectivity index (χ0) is 25.8. The van der Waals surface area contributed by atoms with Crippen LogP contribution in [0.4, 0.5) is 0 Å². The maximum Gasteiger partial charge on any atom is 0.295 e. The first-order valence-electron chi connectivity index (χ1n) is 12.6. The minimum Gasteiger partial charge on any atom is -0.505 e. The Morgan fingerprint density at radius 3 is 2.47 bits per heavy atom. The molecule has 4 rings (SSSR count). The predicted octanol–water partition coefficient (Wildman–Crippen LogP) is 4.20. The summed E-state index contributed by atoms with van der Waals surface area (Å²) in [5, 5.41) is 11.5. The molecule has 0 bridgehead atoms. The lowest BCUT2D eigenvalue weighted by molar-refractivity contribution is -0.140. The first-order chi connectivity index (χ1) is 17.4. The number of carbonyl (C=O) groups excluding carboxylic acids is 2. The Morgan fingerprint density at radius 1 is 1.08 bits per heavy atom. The summed E-state index contributed by atoms with van der Waals surface area (Å²) in [6, 6.07) is 12.2. The Labute approximate surface area is 211 Å². The largest absolute Gasteiger partial charge is 0.505 e. The Morgan fingerprint density at radius 2 is 1.81 bits per heavy atom. The van der Waals surface area contributed by atoms with Gasteiger partial charge >= 0.3 is 0 Å². The number of Topliss-reactive ketones (excluding diaryl/α,β-unsaturated/α-hetero) is 1. The van der Waals surface area contributed by atoms with Crippen molar-refractivity contribution in [1.29, 1.82) is 0 Å². The number of likely N-dealkylation sites (tertiary alicyclic amines) is 1. The molecule has 0 saturated carbocycles. The van der Waals surface area contributed by atoms with E-state index < -0.39 is 17.7 Å². The molecule has 1 fully saturated rings. The molecule has 8 nitrogen and oxygen atoms in total. The maximum absolute atomic E-state index is 13.4. The molecular weight excluding hydrogens is 456 g/mol. The highest BCUT2D eigenvalue weighted by Crippen LogP contribution is 2.40. The molecule has 1 saturated heterocycles. The van der Waals surface area contributed by atoms with E-state index in [4.69, 9.17) is 4.74 Å². The van der Waals surface area contributed by atoms with Crippen molar-refractivity contribution in [2.45, 2.75) is 40.2 Å². The molecule has 3 heterocycles. The molecule has 190 valence electrons. The van der Waals surface area contributed by atoms with E-state index in [2.05, 4.69) is 23.7 Å². The second kappa shape index (κ2) is 11.0. The Bertz CT molecular complexity index is 1270. The van der Waals surface area contributed by atoms with Crippen molar-refractivity contribution >= 4 is 23.1 Å². The molecule has 36 heavy (non-hydrogen) atoms. The molecular formula is C28H34N4O4. The number of hydrogen-bond donors (Lipinski definition) is 1. The maximum atomic E-state index is 13.4. The van der Waals surface area contributed by atoms with E-state index in [1.54, 1.807) is 22.4 Å². The number of imidazole rings is 1. The van der Waals surface area contributed by atoms with Gasteiger partial charge in [-0.05, 0) is 69.7 Å². The molecule has 1 aliphatic heterocycles. The molecule has 0 aliphatic carbocycles. The third-order valence-corrected chi connectivity index (χ3v) is 6.74. The van der Waals surface area contributed by atoms with Gasteiger partial charge in [-0.15, -0.1) is 0 Å². The third kappa shape index (κ3) is 4.73. The first kappa shape index (κ1) is 25.4. The molecule has 1 aromatic carbocycles. The zero-order valence-corrected chi connectivity index (χ0v) is 21.4. The number of ketones is 1. The smallest absolute Gasteiger partial charge is 0.295 e.